The molecule has 0 bridgehead atoms. The van der Waals surface area contributed by atoms with Gasteiger partial charge in [0.1, 0.15) is 5.75 Å². The molecule has 1 saturated heterocycles. The largest absolute Gasteiger partial charge is 0.508 e. The average Bonchev–Trinajstić information content (AvgIpc) is 2.41. The van der Waals surface area contributed by atoms with Crippen molar-refractivity contribution in [3.63, 3.8) is 0 Å². The number of hydrogen-bond donors (Lipinski definition) is 2. The van der Waals surface area contributed by atoms with Crippen LogP contribution in [0.15, 0.2) is 24.3 Å². The fourth-order valence-electron chi connectivity index (χ4n) is 2.43. The molecule has 0 spiro atoms. The number of phenolic OH excluding ortho intramolecular Hbond substituents is 1. The summed E-state index contributed by atoms with van der Waals surface area (Å²) < 4.78 is 5.67. The van der Waals surface area contributed by atoms with Crippen LogP contribution in [0.2, 0.25) is 0 Å². The van der Waals surface area contributed by atoms with Crippen molar-refractivity contribution >= 4 is 0 Å². The topological polar surface area (TPSA) is 41.5 Å². The molecule has 1 aliphatic rings. The lowest BCUT2D eigenvalue weighted by molar-refractivity contribution is 0.000116. The predicted octanol–water partition coefficient (Wildman–Crippen LogP) is 2.48. The zero-order valence-corrected chi connectivity index (χ0v) is 11.1. The molecule has 0 aliphatic carbocycles. The summed E-state index contributed by atoms with van der Waals surface area (Å²) in [5.41, 5.74) is 1.26. The second kappa shape index (κ2) is 6.76. The van der Waals surface area contributed by atoms with Gasteiger partial charge in [-0.1, -0.05) is 19.1 Å². The predicted molar refractivity (Wildman–Crippen MR) is 72.9 cm³/mol. The molecule has 1 aliphatic heterocycles. The van der Waals surface area contributed by atoms with Crippen LogP contribution < -0.4 is 5.32 Å². The van der Waals surface area contributed by atoms with Gasteiger partial charge in [-0.05, 0) is 49.9 Å². The van der Waals surface area contributed by atoms with Crippen molar-refractivity contribution in [3.05, 3.63) is 29.8 Å². The molecule has 1 aromatic rings. The fourth-order valence-corrected chi connectivity index (χ4v) is 2.43. The van der Waals surface area contributed by atoms with E-state index in [1.807, 2.05) is 12.1 Å². The van der Waals surface area contributed by atoms with Crippen LogP contribution in [0.25, 0.3) is 0 Å². The maximum Gasteiger partial charge on any atom is 0.115 e. The summed E-state index contributed by atoms with van der Waals surface area (Å²) in [7, 11) is 0. The van der Waals surface area contributed by atoms with Crippen LogP contribution in [0.1, 0.15) is 31.7 Å². The quantitative estimate of drug-likeness (QED) is 0.842. The van der Waals surface area contributed by atoms with E-state index in [4.69, 9.17) is 4.74 Å². The Kier molecular flexibility index (Phi) is 5.02. The number of phenols is 1. The molecular formula is C15H23NO2. The first-order valence-corrected chi connectivity index (χ1v) is 6.91. The average molecular weight is 249 g/mol. The first kappa shape index (κ1) is 13.4. The Hall–Kier alpha value is -1.06. The van der Waals surface area contributed by atoms with Crippen molar-refractivity contribution in [2.75, 3.05) is 13.2 Å². The summed E-state index contributed by atoms with van der Waals surface area (Å²) in [6.45, 7) is 4.06. The van der Waals surface area contributed by atoms with E-state index in [1.54, 1.807) is 12.1 Å². The molecule has 18 heavy (non-hydrogen) atoms. The summed E-state index contributed by atoms with van der Waals surface area (Å²) in [4.78, 5) is 0. The Labute approximate surface area is 109 Å². The van der Waals surface area contributed by atoms with Crippen LogP contribution in [0.4, 0.5) is 0 Å². The highest BCUT2D eigenvalue weighted by Gasteiger charge is 2.20. The third-order valence-electron chi connectivity index (χ3n) is 3.61. The number of nitrogens with one attached hydrogen (secondary N) is 1. The summed E-state index contributed by atoms with van der Waals surface area (Å²) >= 11 is 0. The lowest BCUT2D eigenvalue weighted by Crippen LogP contribution is -2.39. The van der Waals surface area contributed by atoms with Gasteiger partial charge in [0.15, 0.2) is 0 Å². The molecule has 0 aromatic heterocycles. The van der Waals surface area contributed by atoms with Crippen LogP contribution in [0, 0.1) is 0 Å². The minimum atomic E-state index is 0.335. The van der Waals surface area contributed by atoms with Crippen molar-refractivity contribution in [3.8, 4) is 5.75 Å². The second-order valence-electron chi connectivity index (χ2n) is 4.99. The minimum absolute atomic E-state index is 0.335. The third kappa shape index (κ3) is 4.00. The van der Waals surface area contributed by atoms with Crippen molar-refractivity contribution in [1.29, 1.82) is 0 Å². The SMILES string of the molecule is CCC1CC(NCCc2ccc(O)cc2)CCO1. The van der Waals surface area contributed by atoms with E-state index in [0.717, 1.165) is 38.8 Å². The van der Waals surface area contributed by atoms with Crippen LogP contribution in [0.5, 0.6) is 5.75 Å². The second-order valence-corrected chi connectivity index (χ2v) is 4.99. The van der Waals surface area contributed by atoms with E-state index in [-0.39, 0.29) is 0 Å². The number of ether oxygens (including phenoxy) is 1. The van der Waals surface area contributed by atoms with Crippen LogP contribution >= 0.6 is 0 Å². The van der Waals surface area contributed by atoms with Gasteiger partial charge in [0.25, 0.3) is 0 Å². The first-order chi connectivity index (χ1) is 8.78. The Balaban J connectivity index is 1.70. The number of rotatable bonds is 5. The summed E-state index contributed by atoms with van der Waals surface area (Å²) in [6, 6.07) is 8.06. The molecule has 0 amide bonds. The molecule has 1 fully saturated rings. The molecular weight excluding hydrogens is 226 g/mol. The van der Waals surface area contributed by atoms with E-state index in [9.17, 15) is 5.11 Å². The molecule has 100 valence electrons. The monoisotopic (exact) mass is 249 g/mol. The molecule has 1 heterocycles. The molecule has 2 atom stereocenters. The van der Waals surface area contributed by atoms with Gasteiger partial charge in [-0.15, -0.1) is 0 Å². The minimum Gasteiger partial charge on any atom is -0.508 e. The molecule has 1 aromatic carbocycles. The number of benzene rings is 1. The van der Waals surface area contributed by atoms with Crippen molar-refractivity contribution < 1.29 is 9.84 Å². The highest BCUT2D eigenvalue weighted by molar-refractivity contribution is 5.25. The van der Waals surface area contributed by atoms with Gasteiger partial charge in [0.05, 0.1) is 6.10 Å². The normalized spacial score (nSPS) is 24.1. The van der Waals surface area contributed by atoms with Crippen molar-refractivity contribution in [1.82, 2.24) is 5.32 Å². The Morgan fingerprint density at radius 3 is 2.83 bits per heavy atom. The van der Waals surface area contributed by atoms with Gasteiger partial charge >= 0.3 is 0 Å². The summed E-state index contributed by atoms with van der Waals surface area (Å²) in [6.07, 6.45) is 4.80. The van der Waals surface area contributed by atoms with Gasteiger partial charge in [-0.25, -0.2) is 0 Å². The van der Waals surface area contributed by atoms with Crippen molar-refractivity contribution in [2.45, 2.75) is 44.8 Å². The summed E-state index contributed by atoms with van der Waals surface area (Å²) in [5, 5.41) is 12.8. The van der Waals surface area contributed by atoms with E-state index >= 15 is 0 Å². The molecule has 3 nitrogen and oxygen atoms in total. The lowest BCUT2D eigenvalue weighted by atomic mass is 10.0. The maximum absolute atomic E-state index is 9.21. The number of hydrogen-bond acceptors (Lipinski definition) is 3. The Morgan fingerprint density at radius 2 is 2.11 bits per heavy atom. The van der Waals surface area contributed by atoms with Gasteiger partial charge < -0.3 is 15.2 Å². The maximum atomic E-state index is 9.21. The molecule has 3 heteroatoms. The van der Waals surface area contributed by atoms with E-state index in [2.05, 4.69) is 12.2 Å². The molecule has 2 unspecified atom stereocenters. The van der Waals surface area contributed by atoms with Gasteiger partial charge in [-0.3, -0.25) is 0 Å². The molecule has 0 radical (unpaired) electrons. The highest BCUT2D eigenvalue weighted by Crippen LogP contribution is 2.16. The van der Waals surface area contributed by atoms with Crippen LogP contribution in [-0.2, 0) is 11.2 Å². The fraction of sp³-hybridized carbons (Fsp3) is 0.600. The Morgan fingerprint density at radius 1 is 1.33 bits per heavy atom. The Bertz CT molecular complexity index is 350. The number of aromatic hydroxyl groups is 1. The highest BCUT2D eigenvalue weighted by atomic mass is 16.5. The van der Waals surface area contributed by atoms with Gasteiger partial charge in [-0.2, -0.15) is 0 Å². The van der Waals surface area contributed by atoms with Crippen LogP contribution in [-0.4, -0.2) is 30.4 Å². The first-order valence-electron chi connectivity index (χ1n) is 6.91. The van der Waals surface area contributed by atoms with E-state index < -0.39 is 0 Å². The van der Waals surface area contributed by atoms with Gasteiger partial charge in [0, 0.05) is 12.6 Å². The molecule has 2 N–H and O–H groups in total. The van der Waals surface area contributed by atoms with Crippen molar-refractivity contribution in [2.24, 2.45) is 0 Å². The lowest BCUT2D eigenvalue weighted by Gasteiger charge is -2.29. The standard InChI is InChI=1S/C15H23NO2/c1-2-15-11-13(8-10-18-15)16-9-7-12-3-5-14(17)6-4-12/h3-6,13,15-17H,2,7-11H2,1H3. The van der Waals surface area contributed by atoms with E-state index in [0.29, 0.717) is 17.9 Å². The van der Waals surface area contributed by atoms with Gasteiger partial charge in [0.2, 0.25) is 0 Å². The third-order valence-corrected chi connectivity index (χ3v) is 3.61. The smallest absolute Gasteiger partial charge is 0.115 e. The van der Waals surface area contributed by atoms with E-state index in [1.165, 1.54) is 5.56 Å². The zero-order valence-electron chi connectivity index (χ0n) is 11.1. The van der Waals surface area contributed by atoms with Crippen LogP contribution in [0.3, 0.4) is 0 Å². The molecule has 2 rings (SSSR count). The molecule has 0 saturated carbocycles. The summed E-state index contributed by atoms with van der Waals surface area (Å²) in [5.74, 6) is 0.335. The zero-order chi connectivity index (χ0) is 12.8.